The van der Waals surface area contributed by atoms with E-state index >= 15 is 0 Å². The first kappa shape index (κ1) is 16.0. The van der Waals surface area contributed by atoms with Crippen LogP contribution in [0.5, 0.6) is 0 Å². The van der Waals surface area contributed by atoms with E-state index in [0.29, 0.717) is 11.5 Å². The Bertz CT molecular complexity index is 1060. The lowest BCUT2D eigenvalue weighted by molar-refractivity contribution is 0.596. The molecule has 4 rings (SSSR count). The van der Waals surface area contributed by atoms with E-state index in [9.17, 15) is 8.42 Å². The third-order valence-corrected chi connectivity index (χ3v) is 6.34. The maximum Gasteiger partial charge on any atom is 0.214 e. The number of nitrogens with zero attached hydrogens (tertiary/aromatic N) is 3. The number of aryl methyl sites for hydroxylation is 1. The second-order valence-corrected chi connectivity index (χ2v) is 7.92. The summed E-state index contributed by atoms with van der Waals surface area (Å²) < 4.78 is 28.1. The van der Waals surface area contributed by atoms with Gasteiger partial charge in [0.25, 0.3) is 0 Å². The number of hydrogen-bond acceptors (Lipinski definition) is 6. The Kier molecular flexibility index (Phi) is 3.73. The van der Waals surface area contributed by atoms with Crippen molar-refractivity contribution in [1.29, 1.82) is 0 Å². The lowest BCUT2D eigenvalue weighted by atomic mass is 10.1. The standard InChI is InChI=1S/C17H19N5O2S/c1-11-13-10-19-9-8-14(13)22-17(20-11)15(16(18-2)21-22)25(23,24)12-6-4-3-5-7-12/h3-7,19H,8-10H2,1-2H3,(H,18,21). The number of fused-ring (bicyclic) bond motifs is 3. The molecule has 130 valence electrons. The number of aromatic nitrogens is 3. The van der Waals surface area contributed by atoms with Gasteiger partial charge in [0.05, 0.1) is 10.6 Å². The van der Waals surface area contributed by atoms with Crippen molar-refractivity contribution in [2.45, 2.75) is 29.7 Å². The SMILES string of the molecule is CNc1nn2c3c(c(C)nc2c1S(=O)(=O)c1ccccc1)CNCC3. The lowest BCUT2D eigenvalue weighted by Gasteiger charge is -2.19. The maximum absolute atomic E-state index is 13.2. The van der Waals surface area contributed by atoms with E-state index < -0.39 is 9.84 Å². The van der Waals surface area contributed by atoms with Crippen molar-refractivity contribution in [1.82, 2.24) is 19.9 Å². The number of sulfone groups is 1. The van der Waals surface area contributed by atoms with Gasteiger partial charge in [-0.1, -0.05) is 18.2 Å². The van der Waals surface area contributed by atoms with Crippen LogP contribution in [0, 0.1) is 6.92 Å². The predicted octanol–water partition coefficient (Wildman–Crippen LogP) is 1.56. The molecule has 0 aliphatic carbocycles. The molecule has 0 saturated heterocycles. The van der Waals surface area contributed by atoms with E-state index in [1.165, 1.54) is 0 Å². The Morgan fingerprint density at radius 3 is 2.72 bits per heavy atom. The van der Waals surface area contributed by atoms with Crippen molar-refractivity contribution in [3.05, 3.63) is 47.3 Å². The topological polar surface area (TPSA) is 88.4 Å². The molecule has 0 fully saturated rings. The molecule has 2 N–H and O–H groups in total. The zero-order valence-corrected chi connectivity index (χ0v) is 14.9. The van der Waals surface area contributed by atoms with Crippen LogP contribution in [0.15, 0.2) is 40.1 Å². The summed E-state index contributed by atoms with van der Waals surface area (Å²) in [6.45, 7) is 3.47. The summed E-state index contributed by atoms with van der Waals surface area (Å²) in [6.07, 6.45) is 0.783. The first-order chi connectivity index (χ1) is 12.0. The molecule has 0 amide bonds. The minimum atomic E-state index is -3.73. The van der Waals surface area contributed by atoms with Gasteiger partial charge in [-0.25, -0.2) is 17.9 Å². The molecule has 8 heteroatoms. The molecular weight excluding hydrogens is 338 g/mol. The van der Waals surface area contributed by atoms with Crippen LogP contribution in [0.2, 0.25) is 0 Å². The van der Waals surface area contributed by atoms with Gasteiger partial charge in [0, 0.05) is 37.8 Å². The van der Waals surface area contributed by atoms with Gasteiger partial charge in [-0.2, -0.15) is 0 Å². The highest BCUT2D eigenvalue weighted by Gasteiger charge is 2.30. The van der Waals surface area contributed by atoms with Gasteiger partial charge < -0.3 is 10.6 Å². The monoisotopic (exact) mass is 357 g/mol. The lowest BCUT2D eigenvalue weighted by Crippen LogP contribution is -2.27. The van der Waals surface area contributed by atoms with Gasteiger partial charge in [-0.15, -0.1) is 5.10 Å². The minimum Gasteiger partial charge on any atom is -0.370 e. The number of anilines is 1. The summed E-state index contributed by atoms with van der Waals surface area (Å²) in [5.74, 6) is 0.322. The summed E-state index contributed by atoms with van der Waals surface area (Å²) in [7, 11) is -2.06. The summed E-state index contributed by atoms with van der Waals surface area (Å²) in [6, 6.07) is 8.40. The van der Waals surface area contributed by atoms with Gasteiger partial charge in [0.1, 0.15) is 0 Å². The van der Waals surface area contributed by atoms with Crippen molar-refractivity contribution >= 4 is 21.3 Å². The zero-order valence-electron chi connectivity index (χ0n) is 14.1. The van der Waals surface area contributed by atoms with Crippen molar-refractivity contribution in [3.63, 3.8) is 0 Å². The van der Waals surface area contributed by atoms with Gasteiger partial charge in [-0.05, 0) is 19.1 Å². The van der Waals surface area contributed by atoms with Crippen LogP contribution in [-0.2, 0) is 22.8 Å². The first-order valence-electron chi connectivity index (χ1n) is 8.13. The fourth-order valence-electron chi connectivity index (χ4n) is 3.28. The minimum absolute atomic E-state index is 0.130. The largest absolute Gasteiger partial charge is 0.370 e. The highest BCUT2D eigenvalue weighted by molar-refractivity contribution is 7.91. The first-order valence-corrected chi connectivity index (χ1v) is 9.62. The smallest absolute Gasteiger partial charge is 0.214 e. The molecule has 3 aromatic rings. The van der Waals surface area contributed by atoms with Crippen molar-refractivity contribution in [2.24, 2.45) is 0 Å². The molecule has 0 atom stereocenters. The Morgan fingerprint density at radius 1 is 1.24 bits per heavy atom. The number of hydrogen-bond donors (Lipinski definition) is 2. The quantitative estimate of drug-likeness (QED) is 0.740. The van der Waals surface area contributed by atoms with Crippen LogP contribution < -0.4 is 10.6 Å². The van der Waals surface area contributed by atoms with Crippen molar-refractivity contribution in [3.8, 4) is 0 Å². The van der Waals surface area contributed by atoms with Crippen LogP contribution >= 0.6 is 0 Å². The highest BCUT2D eigenvalue weighted by atomic mass is 32.2. The molecule has 0 saturated carbocycles. The predicted molar refractivity (Wildman–Crippen MR) is 94.6 cm³/mol. The zero-order chi connectivity index (χ0) is 17.6. The van der Waals surface area contributed by atoms with Crippen molar-refractivity contribution < 1.29 is 8.42 Å². The summed E-state index contributed by atoms with van der Waals surface area (Å²) in [4.78, 5) is 4.96. The fourth-order valence-corrected chi connectivity index (χ4v) is 4.80. The molecule has 0 bridgehead atoms. The van der Waals surface area contributed by atoms with E-state index in [0.717, 1.165) is 36.5 Å². The second kappa shape index (κ2) is 5.82. The molecule has 1 aliphatic heterocycles. The molecule has 1 aliphatic rings. The summed E-state index contributed by atoms with van der Waals surface area (Å²) in [5, 5.41) is 10.8. The van der Waals surface area contributed by atoms with Crippen molar-refractivity contribution in [2.75, 3.05) is 18.9 Å². The molecular formula is C17H19N5O2S. The third-order valence-electron chi connectivity index (χ3n) is 4.53. The van der Waals surface area contributed by atoms with Gasteiger partial charge in [0.15, 0.2) is 16.4 Å². The van der Waals surface area contributed by atoms with Gasteiger partial charge in [0.2, 0.25) is 9.84 Å². The molecule has 3 heterocycles. The third kappa shape index (κ3) is 2.40. The van der Waals surface area contributed by atoms with Crippen LogP contribution in [-0.4, -0.2) is 36.6 Å². The molecule has 0 unspecified atom stereocenters. The normalized spacial score (nSPS) is 14.5. The molecule has 7 nitrogen and oxygen atoms in total. The van der Waals surface area contributed by atoms with Crippen LogP contribution in [0.1, 0.15) is 17.0 Å². The van der Waals surface area contributed by atoms with E-state index in [-0.39, 0.29) is 9.79 Å². The Balaban J connectivity index is 2.06. The summed E-state index contributed by atoms with van der Waals surface area (Å²) in [5.41, 5.74) is 3.33. The van der Waals surface area contributed by atoms with Crippen LogP contribution in [0.25, 0.3) is 5.65 Å². The molecule has 0 spiro atoms. The molecule has 1 aromatic carbocycles. The average molecular weight is 357 g/mol. The molecule has 2 aromatic heterocycles. The van der Waals surface area contributed by atoms with E-state index in [4.69, 9.17) is 0 Å². The number of rotatable bonds is 3. The Hall–Kier alpha value is -2.45. The number of benzene rings is 1. The molecule has 0 radical (unpaired) electrons. The fraction of sp³-hybridized carbons (Fsp3) is 0.294. The Labute approximate surface area is 146 Å². The van der Waals surface area contributed by atoms with Gasteiger partial charge >= 0.3 is 0 Å². The number of nitrogens with one attached hydrogen (secondary N) is 2. The van der Waals surface area contributed by atoms with Crippen LogP contribution in [0.3, 0.4) is 0 Å². The second-order valence-electron chi connectivity index (χ2n) is 6.03. The average Bonchev–Trinajstić information content (AvgIpc) is 3.02. The maximum atomic E-state index is 13.2. The Morgan fingerprint density at radius 2 is 2.00 bits per heavy atom. The van der Waals surface area contributed by atoms with E-state index in [1.807, 2.05) is 6.92 Å². The summed E-state index contributed by atoms with van der Waals surface area (Å²) >= 11 is 0. The van der Waals surface area contributed by atoms with E-state index in [2.05, 4.69) is 20.7 Å². The van der Waals surface area contributed by atoms with E-state index in [1.54, 1.807) is 41.9 Å². The highest BCUT2D eigenvalue weighted by Crippen LogP contribution is 2.32. The van der Waals surface area contributed by atoms with Crippen LogP contribution in [0.4, 0.5) is 5.82 Å². The molecule has 25 heavy (non-hydrogen) atoms. The van der Waals surface area contributed by atoms with Gasteiger partial charge in [-0.3, -0.25) is 0 Å².